The molecule has 2 amide bonds. The zero-order valence-corrected chi connectivity index (χ0v) is 8.53. The van der Waals surface area contributed by atoms with Crippen molar-refractivity contribution in [2.75, 3.05) is 10.6 Å². The minimum atomic E-state index is -0.654. The van der Waals surface area contributed by atoms with Gasteiger partial charge in [-0.25, -0.2) is 9.29 Å². The summed E-state index contributed by atoms with van der Waals surface area (Å²) in [5.41, 5.74) is 5.96. The molecule has 1 heterocycles. The number of imide groups is 1. The number of amides is 2. The second-order valence-electron chi connectivity index (χ2n) is 3.52. The Labute approximate surface area is 91.1 Å². The van der Waals surface area contributed by atoms with E-state index >= 15 is 0 Å². The average Bonchev–Trinajstić information content (AvgIpc) is 2.46. The molecule has 0 saturated heterocycles. The Balaban J connectivity index is 2.50. The predicted octanol–water partition coefficient (Wildman–Crippen LogP) is 1.23. The van der Waals surface area contributed by atoms with Crippen LogP contribution < -0.4 is 10.6 Å². The molecule has 0 spiro atoms. The predicted molar refractivity (Wildman–Crippen MR) is 57.1 cm³/mol. The van der Waals surface area contributed by atoms with Crippen LogP contribution in [0.3, 0.4) is 0 Å². The molecule has 0 saturated carbocycles. The first-order valence-corrected chi connectivity index (χ1v) is 4.62. The number of hydrogen-bond acceptors (Lipinski definition) is 3. The lowest BCUT2D eigenvalue weighted by Gasteiger charge is -2.15. The molecule has 1 aliphatic rings. The molecule has 0 radical (unpaired) electrons. The number of rotatable bonds is 1. The topological polar surface area (TPSA) is 63.4 Å². The van der Waals surface area contributed by atoms with E-state index in [1.165, 1.54) is 25.1 Å². The molecule has 0 bridgehead atoms. The Bertz CT molecular complexity index is 523. The summed E-state index contributed by atoms with van der Waals surface area (Å²) in [6.07, 6.45) is 1.17. The van der Waals surface area contributed by atoms with E-state index < -0.39 is 17.6 Å². The molecular weight excluding hydrogens is 211 g/mol. The SMILES string of the molecule is CC1=CC(=O)N(c2cc(N)ccc2F)C1=O. The number of carbonyl (C=O) groups is 2. The standard InChI is InChI=1S/C11H9FN2O2/c1-6-4-10(15)14(11(6)16)9-5-7(13)2-3-8(9)12/h2-5H,13H2,1H3. The molecule has 0 aromatic heterocycles. The van der Waals surface area contributed by atoms with E-state index in [4.69, 9.17) is 5.73 Å². The van der Waals surface area contributed by atoms with Gasteiger partial charge in [0, 0.05) is 17.3 Å². The van der Waals surface area contributed by atoms with Crippen molar-refractivity contribution in [1.29, 1.82) is 0 Å². The van der Waals surface area contributed by atoms with E-state index in [0.717, 1.165) is 11.0 Å². The Kier molecular flexibility index (Phi) is 2.23. The van der Waals surface area contributed by atoms with Crippen LogP contribution in [-0.2, 0) is 9.59 Å². The largest absolute Gasteiger partial charge is 0.399 e. The zero-order chi connectivity index (χ0) is 11.9. The lowest BCUT2D eigenvalue weighted by molar-refractivity contribution is -0.120. The van der Waals surface area contributed by atoms with Crippen molar-refractivity contribution in [1.82, 2.24) is 0 Å². The lowest BCUT2D eigenvalue weighted by Crippen LogP contribution is -2.31. The Morgan fingerprint density at radius 2 is 2.00 bits per heavy atom. The van der Waals surface area contributed by atoms with Crippen molar-refractivity contribution in [3.8, 4) is 0 Å². The van der Waals surface area contributed by atoms with Crippen LogP contribution in [0, 0.1) is 5.82 Å². The summed E-state index contributed by atoms with van der Waals surface area (Å²) in [4.78, 5) is 23.9. The van der Waals surface area contributed by atoms with Crippen LogP contribution in [0.2, 0.25) is 0 Å². The number of benzene rings is 1. The minimum Gasteiger partial charge on any atom is -0.399 e. The highest BCUT2D eigenvalue weighted by atomic mass is 19.1. The van der Waals surface area contributed by atoms with Gasteiger partial charge in [0.25, 0.3) is 11.8 Å². The van der Waals surface area contributed by atoms with Crippen LogP contribution in [0.25, 0.3) is 0 Å². The molecule has 2 rings (SSSR count). The van der Waals surface area contributed by atoms with E-state index in [9.17, 15) is 14.0 Å². The van der Waals surface area contributed by atoms with Crippen molar-refractivity contribution in [3.63, 3.8) is 0 Å². The number of hydrogen-bond donors (Lipinski definition) is 1. The quantitative estimate of drug-likeness (QED) is 0.571. The third-order valence-electron chi connectivity index (χ3n) is 2.31. The van der Waals surface area contributed by atoms with Crippen LogP contribution in [0.15, 0.2) is 29.8 Å². The smallest absolute Gasteiger partial charge is 0.261 e. The molecule has 0 unspecified atom stereocenters. The van der Waals surface area contributed by atoms with Gasteiger partial charge in [0.05, 0.1) is 5.69 Å². The Morgan fingerprint density at radius 1 is 1.31 bits per heavy atom. The van der Waals surface area contributed by atoms with Crippen molar-refractivity contribution in [2.24, 2.45) is 0 Å². The van der Waals surface area contributed by atoms with Gasteiger partial charge in [-0.3, -0.25) is 9.59 Å². The number of nitrogens with zero attached hydrogens (tertiary/aromatic N) is 1. The zero-order valence-electron chi connectivity index (χ0n) is 8.53. The van der Waals surface area contributed by atoms with Crippen molar-refractivity contribution < 1.29 is 14.0 Å². The highest BCUT2D eigenvalue weighted by molar-refractivity contribution is 6.30. The molecule has 16 heavy (non-hydrogen) atoms. The van der Waals surface area contributed by atoms with Gasteiger partial charge in [0.15, 0.2) is 0 Å². The molecule has 5 heteroatoms. The summed E-state index contributed by atoms with van der Waals surface area (Å²) in [6, 6.07) is 3.75. The van der Waals surface area contributed by atoms with E-state index in [2.05, 4.69) is 0 Å². The van der Waals surface area contributed by atoms with Crippen LogP contribution in [-0.4, -0.2) is 11.8 Å². The molecule has 0 fully saturated rings. The fourth-order valence-corrected chi connectivity index (χ4v) is 1.52. The summed E-state index contributed by atoms with van der Waals surface area (Å²) in [6.45, 7) is 1.50. The van der Waals surface area contributed by atoms with Gasteiger partial charge < -0.3 is 5.73 Å². The lowest BCUT2D eigenvalue weighted by atomic mass is 10.2. The summed E-state index contributed by atoms with van der Waals surface area (Å²) in [5.74, 6) is -1.72. The van der Waals surface area contributed by atoms with Gasteiger partial charge in [-0.1, -0.05) is 0 Å². The van der Waals surface area contributed by atoms with Crippen LogP contribution >= 0.6 is 0 Å². The van der Waals surface area contributed by atoms with Crippen molar-refractivity contribution >= 4 is 23.2 Å². The number of nitrogens with two attached hydrogens (primary N) is 1. The molecule has 82 valence electrons. The first-order chi connectivity index (χ1) is 7.50. The second-order valence-corrected chi connectivity index (χ2v) is 3.52. The third-order valence-corrected chi connectivity index (χ3v) is 2.31. The van der Waals surface area contributed by atoms with E-state index in [1.807, 2.05) is 0 Å². The van der Waals surface area contributed by atoms with Crippen LogP contribution in [0.5, 0.6) is 0 Å². The van der Waals surface area contributed by atoms with Crippen LogP contribution in [0.4, 0.5) is 15.8 Å². The highest BCUT2D eigenvalue weighted by Crippen LogP contribution is 2.26. The van der Waals surface area contributed by atoms with Crippen molar-refractivity contribution in [3.05, 3.63) is 35.7 Å². The van der Waals surface area contributed by atoms with Gasteiger partial charge in [-0.2, -0.15) is 0 Å². The normalized spacial score (nSPS) is 15.6. The second kappa shape index (κ2) is 3.44. The van der Waals surface area contributed by atoms with E-state index in [-0.39, 0.29) is 11.3 Å². The summed E-state index contributed by atoms with van der Waals surface area (Å²) in [7, 11) is 0. The van der Waals surface area contributed by atoms with Gasteiger partial charge in [0.2, 0.25) is 0 Å². The average molecular weight is 220 g/mol. The summed E-state index contributed by atoms with van der Waals surface area (Å²) in [5, 5.41) is 0. The summed E-state index contributed by atoms with van der Waals surface area (Å²) >= 11 is 0. The van der Waals surface area contributed by atoms with Crippen LogP contribution in [0.1, 0.15) is 6.92 Å². The van der Waals surface area contributed by atoms with Gasteiger partial charge in [0.1, 0.15) is 5.82 Å². The molecule has 4 nitrogen and oxygen atoms in total. The summed E-state index contributed by atoms with van der Waals surface area (Å²) < 4.78 is 13.5. The number of carbonyl (C=O) groups excluding carboxylic acids is 2. The highest BCUT2D eigenvalue weighted by Gasteiger charge is 2.31. The Morgan fingerprint density at radius 3 is 2.56 bits per heavy atom. The first-order valence-electron chi connectivity index (χ1n) is 4.62. The maximum absolute atomic E-state index is 13.5. The van der Waals surface area contributed by atoms with Crippen molar-refractivity contribution in [2.45, 2.75) is 6.92 Å². The van der Waals surface area contributed by atoms with Gasteiger partial charge in [-0.15, -0.1) is 0 Å². The fourth-order valence-electron chi connectivity index (χ4n) is 1.52. The molecule has 1 aromatic rings. The van der Waals surface area contributed by atoms with E-state index in [1.54, 1.807) is 0 Å². The number of anilines is 2. The number of nitrogen functional groups attached to an aromatic ring is 1. The molecule has 0 aliphatic carbocycles. The molecule has 0 atom stereocenters. The van der Waals surface area contributed by atoms with Gasteiger partial charge in [-0.05, 0) is 25.1 Å². The minimum absolute atomic E-state index is 0.108. The molecule has 1 aliphatic heterocycles. The number of halogens is 1. The Hall–Kier alpha value is -2.17. The fraction of sp³-hybridized carbons (Fsp3) is 0.0909. The third kappa shape index (κ3) is 1.46. The van der Waals surface area contributed by atoms with E-state index in [0.29, 0.717) is 5.69 Å². The molecular formula is C11H9FN2O2. The van der Waals surface area contributed by atoms with Gasteiger partial charge >= 0.3 is 0 Å². The molecule has 2 N–H and O–H groups in total. The first kappa shape index (κ1) is 10.4. The monoisotopic (exact) mass is 220 g/mol. The maximum atomic E-state index is 13.5. The molecule has 1 aromatic carbocycles. The maximum Gasteiger partial charge on any atom is 0.261 e.